The first-order valence-corrected chi connectivity index (χ1v) is 10.8. The molecule has 11 heteroatoms. The lowest BCUT2D eigenvalue weighted by molar-refractivity contribution is -0.145. The van der Waals surface area contributed by atoms with Crippen LogP contribution in [0, 0.1) is 5.92 Å². The molecule has 1 aromatic heterocycles. The summed E-state index contributed by atoms with van der Waals surface area (Å²) in [6.45, 7) is 3.33. The highest BCUT2D eigenvalue weighted by Gasteiger charge is 2.24. The van der Waals surface area contributed by atoms with Crippen molar-refractivity contribution in [3.05, 3.63) is 14.3 Å². The molecule has 0 aromatic carbocycles. The van der Waals surface area contributed by atoms with Crippen molar-refractivity contribution in [3.8, 4) is 0 Å². The predicted octanol–water partition coefficient (Wildman–Crippen LogP) is 2.26. The summed E-state index contributed by atoms with van der Waals surface area (Å²) in [4.78, 5) is 23.6. The Morgan fingerprint density at radius 2 is 1.96 bits per heavy atom. The summed E-state index contributed by atoms with van der Waals surface area (Å²) in [6.07, 6.45) is 0.399. The van der Waals surface area contributed by atoms with Gasteiger partial charge in [-0.3, -0.25) is 4.79 Å². The molecule has 0 spiro atoms. The minimum atomic E-state index is -3.81. The van der Waals surface area contributed by atoms with Crippen molar-refractivity contribution < 1.29 is 22.7 Å². The number of thiophene rings is 1. The van der Waals surface area contributed by atoms with E-state index in [1.165, 1.54) is 13.2 Å². The van der Waals surface area contributed by atoms with E-state index in [0.29, 0.717) is 14.7 Å². The lowest BCUT2D eigenvalue weighted by atomic mass is 10.0. The van der Waals surface area contributed by atoms with Gasteiger partial charge in [0.05, 0.1) is 17.4 Å². The zero-order valence-electron chi connectivity index (χ0n) is 13.3. The average Bonchev–Trinajstić information content (AvgIpc) is 2.84. The van der Waals surface area contributed by atoms with Crippen LogP contribution in [0.5, 0.6) is 0 Å². The fourth-order valence-electron chi connectivity index (χ4n) is 1.76. The molecule has 0 aliphatic rings. The zero-order chi connectivity index (χ0) is 18.5. The topological polar surface area (TPSA) is 102 Å². The summed E-state index contributed by atoms with van der Waals surface area (Å²) in [5.41, 5.74) is 0. The maximum Gasteiger partial charge on any atom is 0.328 e. The van der Waals surface area contributed by atoms with Crippen molar-refractivity contribution in [3.63, 3.8) is 0 Å². The van der Waals surface area contributed by atoms with Crippen LogP contribution >= 0.6 is 43.2 Å². The van der Waals surface area contributed by atoms with Gasteiger partial charge in [-0.2, -0.15) is 0 Å². The van der Waals surface area contributed by atoms with Crippen LogP contribution in [0.25, 0.3) is 0 Å². The first-order chi connectivity index (χ1) is 11.1. The van der Waals surface area contributed by atoms with E-state index >= 15 is 0 Å². The van der Waals surface area contributed by atoms with E-state index in [1.807, 2.05) is 13.8 Å². The van der Waals surface area contributed by atoms with Crippen molar-refractivity contribution >= 4 is 65.1 Å². The number of hydrogen-bond acceptors (Lipinski definition) is 6. The minimum absolute atomic E-state index is 0.0701. The van der Waals surface area contributed by atoms with Gasteiger partial charge in [0.2, 0.25) is 5.91 Å². The van der Waals surface area contributed by atoms with Crippen molar-refractivity contribution in [1.29, 1.82) is 0 Å². The third kappa shape index (κ3) is 6.43. The fourth-order valence-corrected chi connectivity index (χ4v) is 5.61. The van der Waals surface area contributed by atoms with Crippen LogP contribution < -0.4 is 10.0 Å². The lowest BCUT2D eigenvalue weighted by Crippen LogP contribution is -2.46. The number of ether oxygens (including phenoxy) is 1. The third-order valence-electron chi connectivity index (χ3n) is 2.84. The minimum Gasteiger partial charge on any atom is -0.467 e. The highest BCUT2D eigenvalue weighted by atomic mass is 79.9. The first kappa shape index (κ1) is 21.6. The Morgan fingerprint density at radius 1 is 1.33 bits per heavy atom. The number of nitrogens with one attached hydrogen (secondary N) is 2. The molecule has 0 saturated carbocycles. The van der Waals surface area contributed by atoms with Gasteiger partial charge in [0.1, 0.15) is 10.3 Å². The third-order valence-corrected chi connectivity index (χ3v) is 7.97. The number of carbonyl (C=O) groups is 2. The van der Waals surface area contributed by atoms with Crippen LogP contribution in [0.1, 0.15) is 20.3 Å². The van der Waals surface area contributed by atoms with Crippen molar-refractivity contribution in [2.24, 2.45) is 5.92 Å². The first-order valence-electron chi connectivity index (χ1n) is 6.88. The summed E-state index contributed by atoms with van der Waals surface area (Å²) < 4.78 is 32.5. The van der Waals surface area contributed by atoms with Crippen molar-refractivity contribution in [2.75, 3.05) is 13.7 Å². The van der Waals surface area contributed by atoms with Gasteiger partial charge in [0, 0.05) is 4.47 Å². The standard InChI is InChI=1S/C13H18Br2N2O5S2/c1-7(2)4-9(13(19)22-3)17-10(18)6-16-24(20,21)11-5-8(14)12(15)23-11/h5,7,9,16H,4,6H2,1-3H3,(H,17,18). The molecule has 0 aliphatic carbocycles. The molecule has 1 amide bonds. The smallest absolute Gasteiger partial charge is 0.328 e. The zero-order valence-corrected chi connectivity index (χ0v) is 18.1. The van der Waals surface area contributed by atoms with Gasteiger partial charge in [-0.25, -0.2) is 17.9 Å². The maximum absolute atomic E-state index is 12.1. The molecule has 0 fully saturated rings. The van der Waals surface area contributed by atoms with Gasteiger partial charge in [-0.05, 0) is 50.3 Å². The molecule has 0 saturated heterocycles. The highest BCUT2D eigenvalue weighted by molar-refractivity contribution is 9.13. The molecular weight excluding hydrogens is 488 g/mol. The molecule has 1 atom stereocenters. The molecule has 7 nitrogen and oxygen atoms in total. The Labute approximate surface area is 161 Å². The Hall–Kier alpha value is -0.490. The van der Waals surface area contributed by atoms with E-state index in [2.05, 4.69) is 46.6 Å². The number of hydrogen-bond donors (Lipinski definition) is 2. The normalized spacial score (nSPS) is 12.9. The number of sulfonamides is 1. The van der Waals surface area contributed by atoms with Crippen LogP contribution in [0.15, 0.2) is 18.5 Å². The van der Waals surface area contributed by atoms with E-state index in [1.54, 1.807) is 0 Å². The molecule has 0 bridgehead atoms. The molecule has 24 heavy (non-hydrogen) atoms. The van der Waals surface area contributed by atoms with E-state index in [4.69, 9.17) is 0 Å². The molecule has 1 aromatic rings. The summed E-state index contributed by atoms with van der Waals surface area (Å²) >= 11 is 7.44. The van der Waals surface area contributed by atoms with Crippen LogP contribution in [0.2, 0.25) is 0 Å². The van der Waals surface area contributed by atoms with Gasteiger partial charge < -0.3 is 10.1 Å². The number of methoxy groups -OCH3 is 1. The van der Waals surface area contributed by atoms with E-state index in [0.717, 1.165) is 11.3 Å². The quantitative estimate of drug-likeness (QED) is 0.527. The lowest BCUT2D eigenvalue weighted by Gasteiger charge is -2.18. The summed E-state index contributed by atoms with van der Waals surface area (Å²) in [5, 5.41) is 2.48. The monoisotopic (exact) mass is 504 g/mol. The second-order valence-electron chi connectivity index (χ2n) is 5.28. The molecule has 1 rings (SSSR count). The number of amides is 1. The Balaban J connectivity index is 2.68. The molecular formula is C13H18Br2N2O5S2. The second kappa shape index (κ2) is 9.27. The number of rotatable bonds is 8. The Morgan fingerprint density at radius 3 is 2.42 bits per heavy atom. The predicted molar refractivity (Wildman–Crippen MR) is 98.3 cm³/mol. The summed E-state index contributed by atoms with van der Waals surface area (Å²) in [7, 11) is -2.58. The van der Waals surface area contributed by atoms with Crippen molar-refractivity contribution in [1.82, 2.24) is 10.0 Å². The number of esters is 1. The second-order valence-corrected chi connectivity index (χ2v) is 10.5. The van der Waals surface area contributed by atoms with Gasteiger partial charge >= 0.3 is 5.97 Å². The Bertz CT molecular complexity index is 684. The van der Waals surface area contributed by atoms with Crippen LogP contribution in [0.4, 0.5) is 0 Å². The van der Waals surface area contributed by atoms with Crippen molar-refractivity contribution in [2.45, 2.75) is 30.5 Å². The largest absolute Gasteiger partial charge is 0.467 e. The number of carbonyl (C=O) groups excluding carboxylic acids is 2. The molecule has 1 unspecified atom stereocenters. The molecule has 1 heterocycles. The van der Waals surface area contributed by atoms with E-state index in [-0.39, 0.29) is 10.1 Å². The fraction of sp³-hybridized carbons (Fsp3) is 0.538. The summed E-state index contributed by atoms with van der Waals surface area (Å²) in [6, 6.07) is 0.627. The molecule has 0 aliphatic heterocycles. The number of halogens is 2. The average molecular weight is 506 g/mol. The van der Waals surface area contributed by atoms with Crippen LogP contribution in [-0.2, 0) is 24.3 Å². The van der Waals surface area contributed by atoms with E-state index < -0.39 is 34.5 Å². The maximum atomic E-state index is 12.1. The highest BCUT2D eigenvalue weighted by Crippen LogP contribution is 2.34. The van der Waals surface area contributed by atoms with Gasteiger partial charge in [-0.1, -0.05) is 13.8 Å². The van der Waals surface area contributed by atoms with E-state index in [9.17, 15) is 18.0 Å². The molecule has 136 valence electrons. The van der Waals surface area contributed by atoms with Gasteiger partial charge in [0.25, 0.3) is 10.0 Å². The van der Waals surface area contributed by atoms with Gasteiger partial charge in [0.15, 0.2) is 0 Å². The molecule has 2 N–H and O–H groups in total. The van der Waals surface area contributed by atoms with Crippen LogP contribution in [0.3, 0.4) is 0 Å². The van der Waals surface area contributed by atoms with Crippen LogP contribution in [-0.4, -0.2) is 40.0 Å². The molecule has 0 radical (unpaired) electrons. The Kier molecular flexibility index (Phi) is 8.33. The van der Waals surface area contributed by atoms with Gasteiger partial charge in [-0.15, -0.1) is 11.3 Å². The summed E-state index contributed by atoms with van der Waals surface area (Å²) in [5.74, 6) is -1.01. The SMILES string of the molecule is COC(=O)C(CC(C)C)NC(=O)CNS(=O)(=O)c1cc(Br)c(Br)s1.